The summed E-state index contributed by atoms with van der Waals surface area (Å²) in [5, 5.41) is 2.85. The Morgan fingerprint density at radius 2 is 2.00 bits per heavy atom. The number of ether oxygens (including phenoxy) is 1. The SMILES string of the molecule is COC(=O)C(NC(=O)c1cc(Br)c(Br)s1)C1CCCCC1. The molecule has 7 heteroatoms. The molecule has 1 saturated carbocycles. The Labute approximate surface area is 144 Å². The van der Waals surface area contributed by atoms with Gasteiger partial charge in [-0.3, -0.25) is 4.79 Å². The van der Waals surface area contributed by atoms with Gasteiger partial charge in [0.15, 0.2) is 0 Å². The first-order chi connectivity index (χ1) is 10.0. The Hall–Kier alpha value is -0.400. The summed E-state index contributed by atoms with van der Waals surface area (Å²) in [5.41, 5.74) is 0. The van der Waals surface area contributed by atoms with Gasteiger partial charge in [0.2, 0.25) is 0 Å². The third kappa shape index (κ3) is 4.29. The maximum atomic E-state index is 12.3. The molecule has 0 bridgehead atoms. The molecule has 116 valence electrons. The highest BCUT2D eigenvalue weighted by Gasteiger charge is 2.32. The molecular weight excluding hydrogens is 422 g/mol. The van der Waals surface area contributed by atoms with E-state index in [-0.39, 0.29) is 17.8 Å². The van der Waals surface area contributed by atoms with Crippen LogP contribution in [0.25, 0.3) is 0 Å². The molecule has 0 saturated heterocycles. The number of hydrogen-bond donors (Lipinski definition) is 1. The van der Waals surface area contributed by atoms with E-state index >= 15 is 0 Å². The van der Waals surface area contributed by atoms with Crippen molar-refractivity contribution in [3.05, 3.63) is 19.2 Å². The van der Waals surface area contributed by atoms with E-state index in [9.17, 15) is 9.59 Å². The summed E-state index contributed by atoms with van der Waals surface area (Å²) in [6.07, 6.45) is 5.31. The number of nitrogens with one attached hydrogen (secondary N) is 1. The van der Waals surface area contributed by atoms with Crippen molar-refractivity contribution in [1.82, 2.24) is 5.32 Å². The van der Waals surface area contributed by atoms with Crippen LogP contribution in [0.5, 0.6) is 0 Å². The minimum atomic E-state index is -0.553. The van der Waals surface area contributed by atoms with Crippen LogP contribution in [0.3, 0.4) is 0 Å². The molecule has 1 aliphatic carbocycles. The lowest BCUT2D eigenvalue weighted by molar-refractivity contribution is -0.144. The smallest absolute Gasteiger partial charge is 0.328 e. The molecule has 1 heterocycles. The Balaban J connectivity index is 2.10. The largest absolute Gasteiger partial charge is 0.467 e. The number of thiophene rings is 1. The van der Waals surface area contributed by atoms with Crippen LogP contribution in [0.4, 0.5) is 0 Å². The van der Waals surface area contributed by atoms with Gasteiger partial charge in [0.05, 0.1) is 15.8 Å². The van der Waals surface area contributed by atoms with Gasteiger partial charge in [0.1, 0.15) is 6.04 Å². The monoisotopic (exact) mass is 437 g/mol. The first kappa shape index (κ1) is 17.0. The molecule has 2 rings (SSSR count). The number of methoxy groups -OCH3 is 1. The van der Waals surface area contributed by atoms with Crippen molar-refractivity contribution in [3.63, 3.8) is 0 Å². The normalized spacial score (nSPS) is 17.3. The Morgan fingerprint density at radius 1 is 1.33 bits per heavy atom. The number of carbonyl (C=O) groups is 2. The fourth-order valence-corrected chi connectivity index (χ4v) is 4.57. The van der Waals surface area contributed by atoms with E-state index in [1.165, 1.54) is 24.9 Å². The molecule has 0 aliphatic heterocycles. The number of rotatable bonds is 4. The van der Waals surface area contributed by atoms with Crippen LogP contribution in [0.1, 0.15) is 41.8 Å². The maximum Gasteiger partial charge on any atom is 0.328 e. The van der Waals surface area contributed by atoms with Gasteiger partial charge >= 0.3 is 5.97 Å². The van der Waals surface area contributed by atoms with Crippen molar-refractivity contribution < 1.29 is 14.3 Å². The Morgan fingerprint density at radius 3 is 2.52 bits per heavy atom. The van der Waals surface area contributed by atoms with E-state index in [1.54, 1.807) is 6.07 Å². The minimum Gasteiger partial charge on any atom is -0.467 e. The first-order valence-corrected chi connectivity index (χ1v) is 9.26. The van der Waals surface area contributed by atoms with Crippen molar-refractivity contribution in [2.24, 2.45) is 5.92 Å². The number of amides is 1. The van der Waals surface area contributed by atoms with Gasteiger partial charge in [-0.05, 0) is 56.7 Å². The van der Waals surface area contributed by atoms with Crippen molar-refractivity contribution in [2.45, 2.75) is 38.1 Å². The van der Waals surface area contributed by atoms with E-state index in [0.717, 1.165) is 33.9 Å². The second-order valence-corrected chi connectivity index (χ2v) is 8.33. The number of esters is 1. The Bertz CT molecular complexity index is 507. The zero-order chi connectivity index (χ0) is 15.4. The van der Waals surface area contributed by atoms with Crippen molar-refractivity contribution in [2.75, 3.05) is 7.11 Å². The molecule has 1 atom stereocenters. The van der Waals surface area contributed by atoms with Gasteiger partial charge in [0.25, 0.3) is 5.91 Å². The molecular formula is C14H17Br2NO3S. The highest BCUT2D eigenvalue weighted by atomic mass is 79.9. The highest BCUT2D eigenvalue weighted by Crippen LogP contribution is 2.33. The van der Waals surface area contributed by atoms with E-state index in [0.29, 0.717) is 4.88 Å². The molecule has 1 aromatic heterocycles. The molecule has 0 spiro atoms. The summed E-state index contributed by atoms with van der Waals surface area (Å²) < 4.78 is 6.56. The van der Waals surface area contributed by atoms with E-state index in [4.69, 9.17) is 4.74 Å². The molecule has 1 N–H and O–H groups in total. The van der Waals surface area contributed by atoms with Crippen LogP contribution in [0.15, 0.2) is 14.3 Å². The van der Waals surface area contributed by atoms with E-state index in [1.807, 2.05) is 0 Å². The topological polar surface area (TPSA) is 55.4 Å². The summed E-state index contributed by atoms with van der Waals surface area (Å²) in [6.45, 7) is 0. The number of carbonyl (C=O) groups excluding carboxylic acids is 2. The maximum absolute atomic E-state index is 12.3. The van der Waals surface area contributed by atoms with Crippen LogP contribution in [0.2, 0.25) is 0 Å². The summed E-state index contributed by atoms with van der Waals surface area (Å²) in [6, 6.07) is 1.20. The highest BCUT2D eigenvalue weighted by molar-refractivity contribution is 9.13. The fourth-order valence-electron chi connectivity index (χ4n) is 2.63. The van der Waals surface area contributed by atoms with Crippen LogP contribution >= 0.6 is 43.2 Å². The van der Waals surface area contributed by atoms with Gasteiger partial charge in [-0.25, -0.2) is 4.79 Å². The van der Waals surface area contributed by atoms with Crippen LogP contribution in [0, 0.1) is 5.92 Å². The number of halogens is 2. The van der Waals surface area contributed by atoms with Crippen LogP contribution < -0.4 is 5.32 Å². The molecule has 1 aromatic rings. The average molecular weight is 439 g/mol. The summed E-state index contributed by atoms with van der Waals surface area (Å²) in [4.78, 5) is 24.9. The molecule has 1 amide bonds. The van der Waals surface area contributed by atoms with Gasteiger partial charge < -0.3 is 10.1 Å². The van der Waals surface area contributed by atoms with Gasteiger partial charge in [-0.1, -0.05) is 19.3 Å². The van der Waals surface area contributed by atoms with Crippen molar-refractivity contribution in [1.29, 1.82) is 0 Å². The lowest BCUT2D eigenvalue weighted by Gasteiger charge is -2.28. The zero-order valence-corrected chi connectivity index (χ0v) is 15.6. The molecule has 1 aliphatic rings. The molecule has 1 unspecified atom stereocenters. The van der Waals surface area contributed by atoms with Crippen molar-refractivity contribution >= 4 is 55.1 Å². The average Bonchev–Trinajstić information content (AvgIpc) is 2.84. The minimum absolute atomic E-state index is 0.169. The fraction of sp³-hybridized carbons (Fsp3) is 0.571. The lowest BCUT2D eigenvalue weighted by Crippen LogP contribution is -2.47. The first-order valence-electron chi connectivity index (χ1n) is 6.86. The molecule has 0 aromatic carbocycles. The van der Waals surface area contributed by atoms with E-state index in [2.05, 4.69) is 37.2 Å². The second-order valence-electron chi connectivity index (χ2n) is 5.10. The predicted molar refractivity (Wildman–Crippen MR) is 89.6 cm³/mol. The quantitative estimate of drug-likeness (QED) is 0.719. The van der Waals surface area contributed by atoms with Gasteiger partial charge in [-0.2, -0.15) is 0 Å². The summed E-state index contributed by atoms with van der Waals surface area (Å²) >= 11 is 8.07. The zero-order valence-electron chi connectivity index (χ0n) is 11.7. The van der Waals surface area contributed by atoms with Gasteiger partial charge in [0, 0.05) is 4.47 Å². The molecule has 4 nitrogen and oxygen atoms in total. The third-order valence-corrected chi connectivity index (χ3v) is 6.99. The summed E-state index contributed by atoms with van der Waals surface area (Å²) in [5.74, 6) is -0.417. The lowest BCUT2D eigenvalue weighted by atomic mass is 9.84. The second kappa shape index (κ2) is 7.74. The summed E-state index contributed by atoms with van der Waals surface area (Å²) in [7, 11) is 1.36. The van der Waals surface area contributed by atoms with Crippen LogP contribution in [-0.2, 0) is 9.53 Å². The molecule has 0 radical (unpaired) electrons. The molecule has 21 heavy (non-hydrogen) atoms. The third-order valence-electron chi connectivity index (χ3n) is 3.73. The Kier molecular flexibility index (Phi) is 6.25. The molecule has 1 fully saturated rings. The van der Waals surface area contributed by atoms with Crippen molar-refractivity contribution in [3.8, 4) is 0 Å². The number of hydrogen-bond acceptors (Lipinski definition) is 4. The predicted octanol–water partition coefficient (Wildman–Crippen LogP) is 4.12. The van der Waals surface area contributed by atoms with Gasteiger partial charge in [-0.15, -0.1) is 11.3 Å². The van der Waals surface area contributed by atoms with E-state index < -0.39 is 6.04 Å². The standard InChI is InChI=1S/C14H17Br2NO3S/c1-20-14(19)11(8-5-3-2-4-6-8)17-13(18)10-7-9(15)12(16)21-10/h7-8,11H,2-6H2,1H3,(H,17,18). The van der Waals surface area contributed by atoms with Crippen LogP contribution in [-0.4, -0.2) is 25.0 Å².